The van der Waals surface area contributed by atoms with Gasteiger partial charge in [0.15, 0.2) is 0 Å². The molecule has 37 heavy (non-hydrogen) atoms. The van der Waals surface area contributed by atoms with Gasteiger partial charge in [-0.25, -0.2) is 4.57 Å². The Bertz CT molecular complexity index is 708. The maximum atomic E-state index is 3.33. The smallest absolute Gasteiger partial charge is 0.241 e. The van der Waals surface area contributed by atoms with Crippen LogP contribution in [0.2, 0.25) is 0 Å². The van der Waals surface area contributed by atoms with Crippen molar-refractivity contribution in [3.8, 4) is 0 Å². The summed E-state index contributed by atoms with van der Waals surface area (Å²) in [6.07, 6.45) is 37.3. The lowest BCUT2D eigenvalue weighted by atomic mass is 9.84. The third kappa shape index (κ3) is 15.4. The van der Waals surface area contributed by atoms with Crippen LogP contribution in [0.1, 0.15) is 160 Å². The monoisotopic (exact) mass is 509 g/mol. The van der Waals surface area contributed by atoms with Gasteiger partial charge in [-0.05, 0) is 31.2 Å². The highest BCUT2D eigenvalue weighted by Crippen LogP contribution is 2.29. The van der Waals surface area contributed by atoms with E-state index in [1.54, 1.807) is 0 Å². The molecule has 0 saturated carbocycles. The minimum absolute atomic E-state index is 0.606. The van der Waals surface area contributed by atoms with Gasteiger partial charge >= 0.3 is 0 Å². The van der Waals surface area contributed by atoms with Gasteiger partial charge in [0.25, 0.3) is 0 Å². The number of rotatable bonds is 25. The van der Waals surface area contributed by atoms with E-state index in [2.05, 4.69) is 72.5 Å². The van der Waals surface area contributed by atoms with E-state index in [0.717, 1.165) is 0 Å². The molecular formula is C35H61N2+. The van der Waals surface area contributed by atoms with Crippen LogP contribution in [-0.2, 0) is 6.42 Å². The Labute approximate surface area is 231 Å². The second-order valence-corrected chi connectivity index (χ2v) is 11.7. The van der Waals surface area contributed by atoms with Crippen molar-refractivity contribution in [1.82, 2.24) is 4.98 Å². The summed E-state index contributed by atoms with van der Waals surface area (Å²) in [6, 6.07) is 11.9. The molecule has 1 heterocycles. The molecule has 1 N–H and O–H groups in total. The Morgan fingerprint density at radius 1 is 0.595 bits per heavy atom. The summed E-state index contributed by atoms with van der Waals surface area (Å²) in [7, 11) is 0. The van der Waals surface area contributed by atoms with Crippen LogP contribution in [0.3, 0.4) is 0 Å². The van der Waals surface area contributed by atoms with Gasteiger partial charge in [0.05, 0.1) is 0 Å². The van der Waals surface area contributed by atoms with Crippen LogP contribution in [0.15, 0.2) is 49.1 Å². The van der Waals surface area contributed by atoms with Crippen LogP contribution >= 0.6 is 0 Å². The Balaban J connectivity index is 1.78. The van der Waals surface area contributed by atoms with E-state index in [4.69, 9.17) is 0 Å². The first kappa shape index (κ1) is 31.6. The van der Waals surface area contributed by atoms with Gasteiger partial charge in [-0.1, -0.05) is 160 Å². The van der Waals surface area contributed by atoms with E-state index in [1.807, 2.05) is 0 Å². The Hall–Kier alpha value is -1.57. The first-order valence-corrected chi connectivity index (χ1v) is 16.4. The fraction of sp³-hybridized carbons (Fsp3) is 0.743. The summed E-state index contributed by atoms with van der Waals surface area (Å²) in [4.78, 5) is 3.33. The van der Waals surface area contributed by atoms with Crippen LogP contribution in [0, 0.1) is 5.92 Å². The lowest BCUT2D eigenvalue weighted by Crippen LogP contribution is -2.42. The van der Waals surface area contributed by atoms with Gasteiger partial charge in [-0.3, -0.25) is 4.98 Å². The summed E-state index contributed by atoms with van der Waals surface area (Å²) in [5, 5.41) is 0. The van der Waals surface area contributed by atoms with Crippen molar-refractivity contribution in [1.29, 1.82) is 0 Å². The predicted octanol–water partition coefficient (Wildman–Crippen LogP) is 10.9. The molecule has 1 aromatic heterocycles. The number of benzene rings is 1. The maximum absolute atomic E-state index is 3.33. The lowest BCUT2D eigenvalue weighted by molar-refractivity contribution is -0.730. The molecule has 2 nitrogen and oxygen atoms in total. The van der Waals surface area contributed by atoms with Crippen LogP contribution in [0.4, 0.5) is 0 Å². The minimum Gasteiger partial charge on any atom is -0.250 e. The molecule has 0 bridgehead atoms. The van der Waals surface area contributed by atoms with Gasteiger partial charge in [-0.15, -0.1) is 0 Å². The standard InChI is InChI=1S/C35H60N2/c1-3-5-7-9-11-12-13-14-15-17-18-23-27-34(31-33-25-21-20-22-26-33)35(37-30-29-36-32-37)28-24-19-16-10-8-6-4-2/h20-22,25-26,29-30,32,34-35H,3-19,23-24,27-28,31H2,1-2H3/p+1. The molecule has 1 aromatic carbocycles. The number of H-pyrrole nitrogens is 1. The zero-order chi connectivity index (χ0) is 26.2. The van der Waals surface area contributed by atoms with Gasteiger partial charge in [0.2, 0.25) is 6.33 Å². The fourth-order valence-corrected chi connectivity index (χ4v) is 6.04. The Kier molecular flexibility index (Phi) is 19.2. The number of hydrogen-bond acceptors (Lipinski definition) is 0. The third-order valence-electron chi connectivity index (χ3n) is 8.37. The van der Waals surface area contributed by atoms with Crippen molar-refractivity contribution in [2.24, 2.45) is 5.92 Å². The molecule has 0 amide bonds. The van der Waals surface area contributed by atoms with Crippen LogP contribution in [0.25, 0.3) is 0 Å². The minimum atomic E-state index is 0.606. The normalized spacial score (nSPS) is 13.1. The molecule has 2 heteroatoms. The van der Waals surface area contributed by atoms with Crippen molar-refractivity contribution in [2.45, 2.75) is 161 Å². The number of nitrogens with one attached hydrogen (secondary N) is 1. The average Bonchev–Trinajstić information content (AvgIpc) is 3.46. The largest absolute Gasteiger partial charge is 0.250 e. The Morgan fingerprint density at radius 3 is 1.57 bits per heavy atom. The first-order chi connectivity index (χ1) is 18.3. The summed E-state index contributed by atoms with van der Waals surface area (Å²) >= 11 is 0. The summed E-state index contributed by atoms with van der Waals surface area (Å²) < 4.78 is 2.49. The topological polar surface area (TPSA) is 19.7 Å². The molecule has 0 aliphatic heterocycles. The van der Waals surface area contributed by atoms with E-state index in [0.29, 0.717) is 12.0 Å². The molecule has 0 radical (unpaired) electrons. The quantitative estimate of drug-likeness (QED) is 0.101. The molecule has 2 unspecified atom stereocenters. The van der Waals surface area contributed by atoms with E-state index in [1.165, 1.54) is 147 Å². The summed E-state index contributed by atoms with van der Waals surface area (Å²) in [6.45, 7) is 4.61. The molecule has 0 fully saturated rings. The molecule has 0 saturated heterocycles. The number of unbranched alkanes of at least 4 members (excludes halogenated alkanes) is 17. The van der Waals surface area contributed by atoms with E-state index in [9.17, 15) is 0 Å². The zero-order valence-corrected chi connectivity index (χ0v) is 24.8. The van der Waals surface area contributed by atoms with Crippen LogP contribution < -0.4 is 4.57 Å². The van der Waals surface area contributed by atoms with E-state index >= 15 is 0 Å². The van der Waals surface area contributed by atoms with E-state index < -0.39 is 0 Å². The first-order valence-electron chi connectivity index (χ1n) is 16.4. The lowest BCUT2D eigenvalue weighted by Gasteiger charge is -2.25. The van der Waals surface area contributed by atoms with Gasteiger partial charge in [0, 0.05) is 5.92 Å². The van der Waals surface area contributed by atoms with Crippen molar-refractivity contribution in [3.63, 3.8) is 0 Å². The molecule has 0 spiro atoms. The van der Waals surface area contributed by atoms with Crippen LogP contribution in [-0.4, -0.2) is 4.98 Å². The molecular weight excluding hydrogens is 448 g/mol. The number of aromatic nitrogens is 2. The fourth-order valence-electron chi connectivity index (χ4n) is 6.04. The maximum Gasteiger partial charge on any atom is 0.241 e. The number of imidazole rings is 1. The number of nitrogens with zero attached hydrogens (tertiary/aromatic N) is 1. The highest BCUT2D eigenvalue weighted by molar-refractivity contribution is 5.15. The summed E-state index contributed by atoms with van der Waals surface area (Å²) in [5.41, 5.74) is 1.51. The molecule has 2 aromatic rings. The van der Waals surface area contributed by atoms with Gasteiger partial charge in [-0.2, -0.15) is 0 Å². The van der Waals surface area contributed by atoms with Crippen molar-refractivity contribution in [3.05, 3.63) is 54.6 Å². The average molecular weight is 510 g/mol. The zero-order valence-electron chi connectivity index (χ0n) is 24.8. The number of aromatic amines is 1. The van der Waals surface area contributed by atoms with Crippen LogP contribution in [0.5, 0.6) is 0 Å². The van der Waals surface area contributed by atoms with Crippen molar-refractivity contribution >= 4 is 0 Å². The van der Waals surface area contributed by atoms with Gasteiger partial charge < -0.3 is 0 Å². The molecule has 2 atom stereocenters. The second-order valence-electron chi connectivity index (χ2n) is 11.7. The van der Waals surface area contributed by atoms with Gasteiger partial charge in [0.1, 0.15) is 18.4 Å². The molecule has 210 valence electrons. The SMILES string of the molecule is CCCCCCCCCCCCCCC(Cc1ccccc1)C(CCCCCCCCC)[n+]1cc[nH]c1. The van der Waals surface area contributed by atoms with Crippen molar-refractivity contribution < 1.29 is 4.57 Å². The van der Waals surface area contributed by atoms with E-state index in [-0.39, 0.29) is 0 Å². The highest BCUT2D eigenvalue weighted by Gasteiger charge is 2.26. The van der Waals surface area contributed by atoms with Crippen molar-refractivity contribution in [2.75, 3.05) is 0 Å². The molecule has 2 rings (SSSR count). The third-order valence-corrected chi connectivity index (χ3v) is 8.37. The highest BCUT2D eigenvalue weighted by atomic mass is 15.1. The Morgan fingerprint density at radius 2 is 1.08 bits per heavy atom. The molecule has 0 aliphatic rings. The summed E-state index contributed by atoms with van der Waals surface area (Å²) in [5.74, 6) is 0.714. The second kappa shape index (κ2) is 22.4. The predicted molar refractivity (Wildman–Crippen MR) is 162 cm³/mol. The number of hydrogen-bond donors (Lipinski definition) is 1. The molecule has 0 aliphatic carbocycles.